The van der Waals surface area contributed by atoms with Gasteiger partial charge in [0, 0.05) is 37.3 Å². The van der Waals surface area contributed by atoms with Crippen molar-refractivity contribution in [2.45, 2.75) is 46.1 Å². The van der Waals surface area contributed by atoms with Crippen molar-refractivity contribution in [3.63, 3.8) is 0 Å². The second kappa shape index (κ2) is 8.41. The normalized spacial score (nSPS) is 15.2. The van der Waals surface area contributed by atoms with Crippen molar-refractivity contribution in [2.75, 3.05) is 25.5 Å². The van der Waals surface area contributed by atoms with Crippen LogP contribution in [0.5, 0.6) is 0 Å². The van der Waals surface area contributed by atoms with Crippen LogP contribution in [0.4, 0.5) is 10.5 Å². The molecule has 1 heterocycles. The summed E-state index contributed by atoms with van der Waals surface area (Å²) in [6.07, 6.45) is 0.828. The van der Waals surface area contributed by atoms with Crippen LogP contribution in [0.1, 0.15) is 49.5 Å². The Morgan fingerprint density at radius 3 is 2.33 bits per heavy atom. The Hall–Kier alpha value is -2.57. The molecule has 1 aromatic carbocycles. The van der Waals surface area contributed by atoms with E-state index in [9.17, 15) is 14.4 Å². The number of nitrogens with zero attached hydrogens (tertiary/aromatic N) is 1. The summed E-state index contributed by atoms with van der Waals surface area (Å²) in [4.78, 5) is 38.3. The number of ether oxygens (including phenoxy) is 1. The van der Waals surface area contributed by atoms with Crippen LogP contribution in [0, 0.1) is 12.8 Å². The molecule has 0 atom stereocenters. The van der Waals surface area contributed by atoms with E-state index in [1.807, 2.05) is 27.7 Å². The highest BCUT2D eigenvalue weighted by atomic mass is 16.6. The minimum atomic E-state index is -0.529. The van der Waals surface area contributed by atoms with Crippen LogP contribution in [-0.2, 0) is 9.53 Å². The van der Waals surface area contributed by atoms with Crippen molar-refractivity contribution in [3.05, 3.63) is 29.3 Å². The van der Waals surface area contributed by atoms with E-state index >= 15 is 0 Å². The molecule has 0 aliphatic carbocycles. The van der Waals surface area contributed by atoms with E-state index in [1.54, 1.807) is 30.1 Å². The van der Waals surface area contributed by atoms with E-state index in [2.05, 4.69) is 10.6 Å². The van der Waals surface area contributed by atoms with Crippen LogP contribution in [0.2, 0.25) is 0 Å². The third-order valence-electron chi connectivity index (χ3n) is 4.58. The van der Waals surface area contributed by atoms with E-state index in [0.29, 0.717) is 37.2 Å². The summed E-state index contributed by atoms with van der Waals surface area (Å²) in [5, 5.41) is 5.52. The van der Waals surface area contributed by atoms with Gasteiger partial charge in [-0.2, -0.15) is 0 Å². The molecule has 0 unspecified atom stereocenters. The number of amides is 3. The second-order valence-corrected chi connectivity index (χ2v) is 7.79. The summed E-state index contributed by atoms with van der Waals surface area (Å²) in [5.41, 5.74) is 1.38. The maximum absolute atomic E-state index is 12.6. The number of benzene rings is 1. The summed E-state index contributed by atoms with van der Waals surface area (Å²) in [5.74, 6) is -0.447. The molecule has 0 aromatic heterocycles. The summed E-state index contributed by atoms with van der Waals surface area (Å²) in [7, 11) is 1.57. The molecule has 3 amide bonds. The molecule has 0 radical (unpaired) electrons. The van der Waals surface area contributed by atoms with Gasteiger partial charge in [-0.1, -0.05) is 6.07 Å². The molecule has 0 spiro atoms. The Balaban J connectivity index is 1.95. The zero-order valence-corrected chi connectivity index (χ0v) is 16.7. The first-order valence-corrected chi connectivity index (χ1v) is 9.23. The van der Waals surface area contributed by atoms with Gasteiger partial charge in [0.25, 0.3) is 5.91 Å². The summed E-state index contributed by atoms with van der Waals surface area (Å²) < 4.78 is 5.38. The molecule has 0 bridgehead atoms. The van der Waals surface area contributed by atoms with Gasteiger partial charge in [0.1, 0.15) is 5.60 Å². The van der Waals surface area contributed by atoms with E-state index in [1.165, 1.54) is 0 Å². The molecular weight excluding hydrogens is 346 g/mol. The Kier molecular flexibility index (Phi) is 6.46. The quantitative estimate of drug-likeness (QED) is 0.850. The van der Waals surface area contributed by atoms with Crippen LogP contribution in [0.3, 0.4) is 0 Å². The zero-order chi connectivity index (χ0) is 20.2. The average Bonchev–Trinajstić information content (AvgIpc) is 2.61. The number of likely N-dealkylation sites (tertiary alicyclic amines) is 1. The predicted molar refractivity (Wildman–Crippen MR) is 104 cm³/mol. The number of piperidine rings is 1. The molecule has 7 heteroatoms. The number of nitrogens with one attached hydrogen (secondary N) is 2. The van der Waals surface area contributed by atoms with Gasteiger partial charge in [-0.3, -0.25) is 9.59 Å². The Morgan fingerprint density at radius 1 is 1.15 bits per heavy atom. The fourth-order valence-electron chi connectivity index (χ4n) is 3.04. The van der Waals surface area contributed by atoms with Gasteiger partial charge in [-0.15, -0.1) is 0 Å². The topological polar surface area (TPSA) is 87.7 Å². The maximum Gasteiger partial charge on any atom is 0.410 e. The Bertz CT molecular complexity index is 716. The Morgan fingerprint density at radius 2 is 1.78 bits per heavy atom. The standard InChI is InChI=1S/C20H29N3O4/c1-13-15(18(25)21-5)7-6-8-16(13)22-17(24)14-9-11-23(12-10-14)19(26)27-20(2,3)4/h6-8,14H,9-12H2,1-5H3,(H,21,25)(H,22,24). The summed E-state index contributed by atoms with van der Waals surface area (Å²) in [6.45, 7) is 8.29. The van der Waals surface area contributed by atoms with Crippen LogP contribution < -0.4 is 10.6 Å². The van der Waals surface area contributed by atoms with Gasteiger partial charge in [0.15, 0.2) is 0 Å². The van der Waals surface area contributed by atoms with E-state index in [-0.39, 0.29) is 23.8 Å². The lowest BCUT2D eigenvalue weighted by atomic mass is 9.95. The number of hydrogen-bond acceptors (Lipinski definition) is 4. The summed E-state index contributed by atoms with van der Waals surface area (Å²) in [6, 6.07) is 5.26. The van der Waals surface area contributed by atoms with Gasteiger partial charge >= 0.3 is 6.09 Å². The molecular formula is C20H29N3O4. The van der Waals surface area contributed by atoms with Gasteiger partial charge in [0.2, 0.25) is 5.91 Å². The molecule has 1 aromatic rings. The van der Waals surface area contributed by atoms with E-state index in [0.717, 1.165) is 5.56 Å². The van der Waals surface area contributed by atoms with Crippen LogP contribution in [0.25, 0.3) is 0 Å². The van der Waals surface area contributed by atoms with Crippen LogP contribution >= 0.6 is 0 Å². The van der Waals surface area contributed by atoms with Crippen molar-refractivity contribution in [2.24, 2.45) is 5.92 Å². The molecule has 1 fully saturated rings. The molecule has 148 valence electrons. The van der Waals surface area contributed by atoms with Crippen molar-refractivity contribution in [1.82, 2.24) is 10.2 Å². The lowest BCUT2D eigenvalue weighted by molar-refractivity contribution is -0.121. The minimum absolute atomic E-state index is 0.0870. The van der Waals surface area contributed by atoms with Crippen molar-refractivity contribution in [1.29, 1.82) is 0 Å². The maximum atomic E-state index is 12.6. The molecule has 7 nitrogen and oxygen atoms in total. The van der Waals surface area contributed by atoms with Gasteiger partial charge in [-0.05, 0) is 58.2 Å². The number of hydrogen-bond donors (Lipinski definition) is 2. The molecule has 2 N–H and O–H groups in total. The number of carbonyl (C=O) groups excluding carboxylic acids is 3. The lowest BCUT2D eigenvalue weighted by Crippen LogP contribution is -2.43. The highest BCUT2D eigenvalue weighted by molar-refractivity contribution is 5.99. The summed E-state index contributed by atoms with van der Waals surface area (Å²) >= 11 is 0. The highest BCUT2D eigenvalue weighted by Gasteiger charge is 2.30. The first kappa shape index (κ1) is 20.7. The minimum Gasteiger partial charge on any atom is -0.444 e. The molecule has 27 heavy (non-hydrogen) atoms. The van der Waals surface area contributed by atoms with Crippen LogP contribution in [-0.4, -0.2) is 48.5 Å². The SMILES string of the molecule is CNC(=O)c1cccc(NC(=O)C2CCN(C(=O)OC(C)(C)C)CC2)c1C. The fourth-order valence-corrected chi connectivity index (χ4v) is 3.04. The number of carbonyl (C=O) groups is 3. The third-order valence-corrected chi connectivity index (χ3v) is 4.58. The van der Waals surface area contributed by atoms with Gasteiger partial charge in [0.05, 0.1) is 0 Å². The van der Waals surface area contributed by atoms with E-state index < -0.39 is 5.60 Å². The fraction of sp³-hybridized carbons (Fsp3) is 0.550. The number of rotatable bonds is 3. The molecule has 1 aliphatic heterocycles. The number of anilines is 1. The molecule has 1 saturated heterocycles. The van der Waals surface area contributed by atoms with Crippen molar-refractivity contribution >= 4 is 23.6 Å². The lowest BCUT2D eigenvalue weighted by Gasteiger charge is -2.33. The highest BCUT2D eigenvalue weighted by Crippen LogP contribution is 2.24. The average molecular weight is 375 g/mol. The van der Waals surface area contributed by atoms with Crippen molar-refractivity contribution in [3.8, 4) is 0 Å². The molecule has 0 saturated carbocycles. The predicted octanol–water partition coefficient (Wildman–Crippen LogP) is 2.94. The molecule has 2 rings (SSSR count). The first-order chi connectivity index (χ1) is 12.6. The van der Waals surface area contributed by atoms with Gasteiger partial charge in [-0.25, -0.2) is 4.79 Å². The Labute approximate surface area is 160 Å². The van der Waals surface area contributed by atoms with E-state index in [4.69, 9.17) is 4.74 Å². The van der Waals surface area contributed by atoms with Gasteiger partial charge < -0.3 is 20.3 Å². The largest absolute Gasteiger partial charge is 0.444 e. The van der Waals surface area contributed by atoms with Crippen LogP contribution in [0.15, 0.2) is 18.2 Å². The third kappa shape index (κ3) is 5.45. The second-order valence-electron chi connectivity index (χ2n) is 7.79. The first-order valence-electron chi connectivity index (χ1n) is 9.23. The van der Waals surface area contributed by atoms with Crippen molar-refractivity contribution < 1.29 is 19.1 Å². The molecule has 1 aliphatic rings. The monoisotopic (exact) mass is 375 g/mol. The smallest absolute Gasteiger partial charge is 0.410 e. The zero-order valence-electron chi connectivity index (χ0n) is 16.7.